The number of carboxylic acids is 1. The maximum absolute atomic E-state index is 12.1. The van der Waals surface area contributed by atoms with E-state index in [1.165, 1.54) is 10.4 Å². The molecule has 1 aliphatic rings. The van der Waals surface area contributed by atoms with Gasteiger partial charge in [-0.05, 0) is 24.3 Å². The van der Waals surface area contributed by atoms with E-state index in [0.29, 0.717) is 19.4 Å². The minimum absolute atomic E-state index is 0.264. The summed E-state index contributed by atoms with van der Waals surface area (Å²) in [5.41, 5.74) is 5.20. The van der Waals surface area contributed by atoms with Crippen molar-refractivity contribution in [3.63, 3.8) is 0 Å². The highest BCUT2D eigenvalue weighted by Crippen LogP contribution is 2.28. The number of thiophene rings is 1. The lowest BCUT2D eigenvalue weighted by Crippen LogP contribution is -2.43. The first-order valence-corrected chi connectivity index (χ1v) is 8.44. The topological polar surface area (TPSA) is 118 Å². The van der Waals surface area contributed by atoms with Gasteiger partial charge in [0.1, 0.15) is 10.3 Å². The molecule has 0 saturated carbocycles. The zero-order valence-corrected chi connectivity index (χ0v) is 13.1. The van der Waals surface area contributed by atoms with Crippen molar-refractivity contribution in [1.29, 1.82) is 0 Å². The standard InChI is InChI=1S/C9H12N2O3S2.C2HF3O2/c10-9(12)7-3-1-5-11(7)16(13,14)8-4-2-6-15-8;3-2(4,5)1(6)7/h2,4,6-7H,1,3,5H2,(H2,10,12);(H,6,7). The van der Waals surface area contributed by atoms with E-state index in [2.05, 4.69) is 0 Å². The molecule has 3 N–H and O–H groups in total. The van der Waals surface area contributed by atoms with E-state index >= 15 is 0 Å². The van der Waals surface area contributed by atoms with Gasteiger partial charge in [0.2, 0.25) is 5.91 Å². The molecule has 0 radical (unpaired) electrons. The SMILES string of the molecule is NC(=O)C1CCCN1S(=O)(=O)c1cccs1.O=C(O)C(F)(F)F. The monoisotopic (exact) mass is 374 g/mol. The molecule has 1 amide bonds. The van der Waals surface area contributed by atoms with Crippen molar-refractivity contribution in [3.8, 4) is 0 Å². The predicted molar refractivity (Wildman–Crippen MR) is 74.1 cm³/mol. The second-order valence-electron chi connectivity index (χ2n) is 4.41. The van der Waals surface area contributed by atoms with Crippen LogP contribution >= 0.6 is 11.3 Å². The molecule has 1 fully saturated rings. The number of sulfonamides is 1. The Kier molecular flexibility index (Phi) is 6.13. The molecule has 0 spiro atoms. The summed E-state index contributed by atoms with van der Waals surface area (Å²) in [5, 5.41) is 8.82. The third-order valence-corrected chi connectivity index (χ3v) is 6.11. The van der Waals surface area contributed by atoms with Crippen molar-refractivity contribution in [2.45, 2.75) is 29.3 Å². The van der Waals surface area contributed by atoms with E-state index in [1.807, 2.05) is 0 Å². The highest BCUT2D eigenvalue weighted by atomic mass is 32.2. The normalized spacial score (nSPS) is 19.0. The average Bonchev–Trinajstić information content (AvgIpc) is 3.10. The Morgan fingerprint density at radius 1 is 1.39 bits per heavy atom. The summed E-state index contributed by atoms with van der Waals surface area (Å²) in [6.45, 7) is 0.369. The average molecular weight is 374 g/mol. The largest absolute Gasteiger partial charge is 0.490 e. The molecule has 0 aliphatic carbocycles. The van der Waals surface area contributed by atoms with Gasteiger partial charge >= 0.3 is 12.1 Å². The maximum Gasteiger partial charge on any atom is 0.490 e. The van der Waals surface area contributed by atoms with Crippen LogP contribution in [-0.4, -0.2) is 48.5 Å². The molecule has 2 heterocycles. The first-order valence-electron chi connectivity index (χ1n) is 6.12. The van der Waals surface area contributed by atoms with Gasteiger partial charge < -0.3 is 10.8 Å². The maximum atomic E-state index is 12.1. The fourth-order valence-corrected chi connectivity index (χ4v) is 4.62. The summed E-state index contributed by atoms with van der Waals surface area (Å²) in [5.74, 6) is -3.33. The van der Waals surface area contributed by atoms with Gasteiger partial charge in [-0.3, -0.25) is 4.79 Å². The number of halogens is 3. The minimum atomic E-state index is -5.08. The van der Waals surface area contributed by atoms with E-state index in [-0.39, 0.29) is 4.21 Å². The van der Waals surface area contributed by atoms with E-state index in [9.17, 15) is 26.4 Å². The van der Waals surface area contributed by atoms with Crippen molar-refractivity contribution < 1.29 is 36.3 Å². The number of primary amides is 1. The number of nitrogens with two attached hydrogens (primary N) is 1. The first-order chi connectivity index (χ1) is 10.5. The molecule has 1 unspecified atom stereocenters. The molecule has 0 aromatic carbocycles. The Labute approximate surface area is 133 Å². The van der Waals surface area contributed by atoms with Crippen LogP contribution in [0.5, 0.6) is 0 Å². The van der Waals surface area contributed by atoms with Crippen molar-refractivity contribution in [1.82, 2.24) is 4.31 Å². The van der Waals surface area contributed by atoms with Crippen molar-refractivity contribution in [2.24, 2.45) is 5.73 Å². The Balaban J connectivity index is 0.000000322. The highest BCUT2D eigenvalue weighted by Gasteiger charge is 2.39. The van der Waals surface area contributed by atoms with Gasteiger partial charge in [0, 0.05) is 6.54 Å². The number of alkyl halides is 3. The molecular formula is C11H13F3N2O5S2. The summed E-state index contributed by atoms with van der Waals surface area (Å²) in [7, 11) is -3.54. The molecule has 1 aromatic rings. The second-order valence-corrected chi connectivity index (χ2v) is 7.48. The van der Waals surface area contributed by atoms with Crippen LogP contribution in [0.2, 0.25) is 0 Å². The number of hydrogen-bond acceptors (Lipinski definition) is 5. The number of carbonyl (C=O) groups excluding carboxylic acids is 1. The quantitative estimate of drug-likeness (QED) is 0.819. The van der Waals surface area contributed by atoms with Crippen LogP contribution in [0, 0.1) is 0 Å². The molecule has 7 nitrogen and oxygen atoms in total. The van der Waals surface area contributed by atoms with Crippen molar-refractivity contribution >= 4 is 33.2 Å². The minimum Gasteiger partial charge on any atom is -0.475 e. The first kappa shape index (κ1) is 19.4. The van der Waals surface area contributed by atoms with Crippen LogP contribution in [0.1, 0.15) is 12.8 Å². The highest BCUT2D eigenvalue weighted by molar-refractivity contribution is 7.91. The Morgan fingerprint density at radius 3 is 2.35 bits per heavy atom. The number of nitrogens with zero attached hydrogens (tertiary/aromatic N) is 1. The molecule has 2 rings (SSSR count). The van der Waals surface area contributed by atoms with E-state index in [1.54, 1.807) is 11.4 Å². The van der Waals surface area contributed by atoms with E-state index < -0.39 is 34.1 Å². The van der Waals surface area contributed by atoms with Crippen LogP contribution < -0.4 is 5.73 Å². The lowest BCUT2D eigenvalue weighted by atomic mass is 10.2. The number of hydrogen-bond donors (Lipinski definition) is 2. The summed E-state index contributed by atoms with van der Waals surface area (Å²) < 4.78 is 57.5. The fourth-order valence-electron chi connectivity index (χ4n) is 1.84. The van der Waals surface area contributed by atoms with Gasteiger partial charge in [-0.2, -0.15) is 17.5 Å². The molecule has 130 valence electrons. The van der Waals surface area contributed by atoms with E-state index in [4.69, 9.17) is 15.6 Å². The van der Waals surface area contributed by atoms with Gasteiger partial charge in [-0.1, -0.05) is 6.07 Å². The van der Waals surface area contributed by atoms with Crippen molar-refractivity contribution in [2.75, 3.05) is 6.54 Å². The number of amides is 1. The van der Waals surface area contributed by atoms with Crippen LogP contribution in [0.15, 0.2) is 21.7 Å². The van der Waals surface area contributed by atoms with Crippen LogP contribution in [-0.2, 0) is 19.6 Å². The predicted octanol–water partition coefficient (Wildman–Crippen LogP) is 1.02. The Morgan fingerprint density at radius 2 is 1.96 bits per heavy atom. The lowest BCUT2D eigenvalue weighted by Gasteiger charge is -2.20. The van der Waals surface area contributed by atoms with Gasteiger partial charge in [-0.15, -0.1) is 11.3 Å². The second kappa shape index (κ2) is 7.27. The molecular weight excluding hydrogens is 361 g/mol. The zero-order valence-electron chi connectivity index (χ0n) is 11.5. The molecule has 1 aromatic heterocycles. The Hall–Kier alpha value is -1.66. The van der Waals surface area contributed by atoms with Crippen LogP contribution in [0.4, 0.5) is 13.2 Å². The smallest absolute Gasteiger partial charge is 0.475 e. The molecule has 1 aliphatic heterocycles. The molecule has 1 atom stereocenters. The molecule has 23 heavy (non-hydrogen) atoms. The fraction of sp³-hybridized carbons (Fsp3) is 0.455. The van der Waals surface area contributed by atoms with Gasteiger partial charge in [0.15, 0.2) is 0 Å². The number of carbonyl (C=O) groups is 2. The third-order valence-electron chi connectivity index (χ3n) is 2.83. The Bertz CT molecular complexity index is 658. The lowest BCUT2D eigenvalue weighted by molar-refractivity contribution is -0.192. The van der Waals surface area contributed by atoms with Gasteiger partial charge in [0.25, 0.3) is 10.0 Å². The van der Waals surface area contributed by atoms with Gasteiger partial charge in [-0.25, -0.2) is 13.2 Å². The molecule has 12 heteroatoms. The third kappa shape index (κ3) is 4.91. The summed E-state index contributed by atoms with van der Waals surface area (Å²) in [6, 6.07) is 2.52. The van der Waals surface area contributed by atoms with Crippen molar-refractivity contribution in [3.05, 3.63) is 17.5 Å². The summed E-state index contributed by atoms with van der Waals surface area (Å²) in [4.78, 5) is 20.0. The van der Waals surface area contributed by atoms with Gasteiger partial charge in [0.05, 0.1) is 0 Å². The summed E-state index contributed by atoms with van der Waals surface area (Å²) in [6.07, 6.45) is -3.89. The molecule has 1 saturated heterocycles. The number of carboxylic acid groups (broad SMARTS) is 1. The van der Waals surface area contributed by atoms with E-state index in [0.717, 1.165) is 11.3 Å². The van der Waals surface area contributed by atoms with Crippen LogP contribution in [0.25, 0.3) is 0 Å². The molecule has 0 bridgehead atoms. The number of aliphatic carboxylic acids is 1. The van der Waals surface area contributed by atoms with Crippen LogP contribution in [0.3, 0.4) is 0 Å². The number of rotatable bonds is 3. The summed E-state index contributed by atoms with van der Waals surface area (Å²) >= 11 is 1.15. The zero-order chi connectivity index (χ0) is 17.8.